The van der Waals surface area contributed by atoms with Gasteiger partial charge in [-0.25, -0.2) is 4.79 Å². The fraction of sp³-hybridized carbons (Fsp3) is 0.133. The number of carbonyl (C=O) groups is 1. The van der Waals surface area contributed by atoms with E-state index in [0.29, 0.717) is 16.3 Å². The molecule has 2 aromatic carbocycles. The average Bonchev–Trinajstić information content (AvgIpc) is 2.39. The molecule has 0 amide bonds. The average molecular weight is 276 g/mol. The van der Waals surface area contributed by atoms with Gasteiger partial charge in [-0.3, -0.25) is 0 Å². The number of hydrogen-bond acceptors (Lipinski definition) is 3. The first-order valence-corrected chi connectivity index (χ1v) is 6.22. The Balaban J connectivity index is 2.03. The van der Waals surface area contributed by atoms with Crippen LogP contribution in [0.25, 0.3) is 0 Å². The van der Waals surface area contributed by atoms with Gasteiger partial charge in [-0.05, 0) is 48.4 Å². The van der Waals surface area contributed by atoms with Crippen molar-refractivity contribution in [2.24, 2.45) is 0 Å². The summed E-state index contributed by atoms with van der Waals surface area (Å²) in [5.41, 5.74) is 8.57. The van der Waals surface area contributed by atoms with Gasteiger partial charge in [0.2, 0.25) is 0 Å². The molecule has 0 heterocycles. The monoisotopic (exact) mass is 275 g/mol. The van der Waals surface area contributed by atoms with Crippen molar-refractivity contribution in [3.05, 3.63) is 64.2 Å². The van der Waals surface area contributed by atoms with Gasteiger partial charge in [-0.2, -0.15) is 0 Å². The predicted octanol–water partition coefficient (Wildman–Crippen LogP) is 3.59. The van der Waals surface area contributed by atoms with Crippen LogP contribution >= 0.6 is 11.6 Å². The third-order valence-corrected chi connectivity index (χ3v) is 3.00. The summed E-state index contributed by atoms with van der Waals surface area (Å²) in [4.78, 5) is 11.9. The minimum atomic E-state index is -0.372. The number of aryl methyl sites for hydroxylation is 1. The molecule has 4 heteroatoms. The molecular weight excluding hydrogens is 262 g/mol. The topological polar surface area (TPSA) is 52.3 Å². The van der Waals surface area contributed by atoms with Crippen LogP contribution in [0.5, 0.6) is 0 Å². The first-order valence-electron chi connectivity index (χ1n) is 5.84. The predicted molar refractivity (Wildman–Crippen MR) is 76.2 cm³/mol. The van der Waals surface area contributed by atoms with E-state index in [9.17, 15) is 4.79 Å². The first kappa shape index (κ1) is 13.4. The molecule has 2 N–H and O–H groups in total. The van der Waals surface area contributed by atoms with E-state index in [1.807, 2.05) is 19.1 Å². The van der Waals surface area contributed by atoms with Crippen molar-refractivity contribution in [2.75, 3.05) is 5.73 Å². The largest absolute Gasteiger partial charge is 0.457 e. The molecule has 19 heavy (non-hydrogen) atoms. The molecule has 0 saturated carbocycles. The number of esters is 1. The Labute approximate surface area is 117 Å². The molecule has 0 spiro atoms. The SMILES string of the molecule is Cc1cc(C(=O)OCc2cccc(Cl)c2)ccc1N. The summed E-state index contributed by atoms with van der Waals surface area (Å²) in [6, 6.07) is 12.3. The molecular formula is C15H14ClNO2. The van der Waals surface area contributed by atoms with Crippen LogP contribution in [0, 0.1) is 6.92 Å². The maximum absolute atomic E-state index is 11.9. The minimum Gasteiger partial charge on any atom is -0.457 e. The number of ether oxygens (including phenoxy) is 1. The Morgan fingerprint density at radius 2 is 2.05 bits per heavy atom. The van der Waals surface area contributed by atoms with E-state index in [0.717, 1.165) is 11.1 Å². The molecule has 0 bridgehead atoms. The number of nitrogens with two attached hydrogens (primary N) is 1. The van der Waals surface area contributed by atoms with Crippen LogP contribution in [0.1, 0.15) is 21.5 Å². The van der Waals surface area contributed by atoms with E-state index >= 15 is 0 Å². The lowest BCUT2D eigenvalue weighted by Gasteiger charge is -2.07. The van der Waals surface area contributed by atoms with Gasteiger partial charge >= 0.3 is 5.97 Å². The summed E-state index contributed by atoms with van der Waals surface area (Å²) >= 11 is 5.86. The zero-order valence-corrected chi connectivity index (χ0v) is 11.3. The minimum absolute atomic E-state index is 0.197. The van der Waals surface area contributed by atoms with Crippen molar-refractivity contribution in [3.63, 3.8) is 0 Å². The van der Waals surface area contributed by atoms with Crippen LogP contribution in [0.2, 0.25) is 5.02 Å². The van der Waals surface area contributed by atoms with E-state index in [1.165, 1.54) is 0 Å². The van der Waals surface area contributed by atoms with Gasteiger partial charge in [0.1, 0.15) is 6.61 Å². The molecule has 0 aliphatic carbocycles. The number of carbonyl (C=O) groups excluding carboxylic acids is 1. The van der Waals surface area contributed by atoms with Crippen LogP contribution in [0.15, 0.2) is 42.5 Å². The highest BCUT2D eigenvalue weighted by Gasteiger charge is 2.08. The normalized spacial score (nSPS) is 10.2. The van der Waals surface area contributed by atoms with Crippen molar-refractivity contribution in [2.45, 2.75) is 13.5 Å². The van der Waals surface area contributed by atoms with Crippen molar-refractivity contribution >= 4 is 23.3 Å². The highest BCUT2D eigenvalue weighted by molar-refractivity contribution is 6.30. The first-order chi connectivity index (χ1) is 9.06. The molecule has 0 unspecified atom stereocenters. The molecule has 0 aliphatic rings. The fourth-order valence-electron chi connectivity index (χ4n) is 1.66. The summed E-state index contributed by atoms with van der Waals surface area (Å²) in [5.74, 6) is -0.372. The second kappa shape index (κ2) is 5.76. The van der Waals surface area contributed by atoms with Crippen LogP contribution in [0.3, 0.4) is 0 Å². The van der Waals surface area contributed by atoms with E-state index in [2.05, 4.69) is 0 Å². The number of nitrogen functional groups attached to an aromatic ring is 1. The van der Waals surface area contributed by atoms with Gasteiger partial charge in [0.15, 0.2) is 0 Å². The highest BCUT2D eigenvalue weighted by atomic mass is 35.5. The van der Waals surface area contributed by atoms with Gasteiger partial charge in [0.05, 0.1) is 5.56 Å². The highest BCUT2D eigenvalue weighted by Crippen LogP contribution is 2.15. The van der Waals surface area contributed by atoms with Crippen molar-refractivity contribution in [1.29, 1.82) is 0 Å². The Bertz CT molecular complexity index is 611. The fourth-order valence-corrected chi connectivity index (χ4v) is 1.87. The van der Waals surface area contributed by atoms with E-state index in [1.54, 1.807) is 30.3 Å². The summed E-state index contributed by atoms with van der Waals surface area (Å²) in [6.07, 6.45) is 0. The van der Waals surface area contributed by atoms with E-state index < -0.39 is 0 Å². The second-order valence-corrected chi connectivity index (χ2v) is 4.71. The third-order valence-electron chi connectivity index (χ3n) is 2.76. The third kappa shape index (κ3) is 3.48. The molecule has 0 radical (unpaired) electrons. The summed E-state index contributed by atoms with van der Waals surface area (Å²) < 4.78 is 5.23. The smallest absolute Gasteiger partial charge is 0.338 e. The summed E-state index contributed by atoms with van der Waals surface area (Å²) in [7, 11) is 0. The van der Waals surface area contributed by atoms with Crippen molar-refractivity contribution in [3.8, 4) is 0 Å². The number of halogens is 1. The van der Waals surface area contributed by atoms with Crippen LogP contribution < -0.4 is 5.73 Å². The molecule has 0 atom stereocenters. The number of hydrogen-bond donors (Lipinski definition) is 1. The Hall–Kier alpha value is -2.00. The molecule has 0 saturated heterocycles. The Kier molecular flexibility index (Phi) is 4.07. The number of benzene rings is 2. The molecule has 98 valence electrons. The summed E-state index contributed by atoms with van der Waals surface area (Å²) in [6.45, 7) is 2.05. The quantitative estimate of drug-likeness (QED) is 0.688. The van der Waals surface area contributed by atoms with Gasteiger partial charge in [-0.15, -0.1) is 0 Å². The van der Waals surface area contributed by atoms with Crippen LogP contribution in [0.4, 0.5) is 5.69 Å². The maximum atomic E-state index is 11.9. The molecule has 2 aromatic rings. The van der Waals surface area contributed by atoms with Crippen LogP contribution in [-0.2, 0) is 11.3 Å². The second-order valence-electron chi connectivity index (χ2n) is 4.28. The van der Waals surface area contributed by atoms with Gasteiger partial charge < -0.3 is 10.5 Å². The number of rotatable bonds is 3. The Morgan fingerprint density at radius 1 is 1.26 bits per heavy atom. The molecule has 2 rings (SSSR count). The summed E-state index contributed by atoms with van der Waals surface area (Å²) in [5, 5.41) is 0.622. The molecule has 3 nitrogen and oxygen atoms in total. The number of anilines is 1. The molecule has 0 aromatic heterocycles. The lowest BCUT2D eigenvalue weighted by Crippen LogP contribution is -2.06. The Morgan fingerprint density at radius 3 is 2.74 bits per heavy atom. The zero-order chi connectivity index (χ0) is 13.8. The van der Waals surface area contributed by atoms with Gasteiger partial charge in [-0.1, -0.05) is 23.7 Å². The van der Waals surface area contributed by atoms with Gasteiger partial charge in [0, 0.05) is 10.7 Å². The van der Waals surface area contributed by atoms with Gasteiger partial charge in [0.25, 0.3) is 0 Å². The zero-order valence-electron chi connectivity index (χ0n) is 10.5. The standard InChI is InChI=1S/C15H14ClNO2/c1-10-7-12(5-6-14(10)17)15(18)19-9-11-3-2-4-13(16)8-11/h2-8H,9,17H2,1H3. The van der Waals surface area contributed by atoms with E-state index in [4.69, 9.17) is 22.1 Å². The van der Waals surface area contributed by atoms with E-state index in [-0.39, 0.29) is 12.6 Å². The molecule has 0 fully saturated rings. The maximum Gasteiger partial charge on any atom is 0.338 e. The van der Waals surface area contributed by atoms with Crippen molar-refractivity contribution < 1.29 is 9.53 Å². The van der Waals surface area contributed by atoms with Crippen molar-refractivity contribution in [1.82, 2.24) is 0 Å². The molecule has 0 aliphatic heterocycles. The lowest BCUT2D eigenvalue weighted by molar-refractivity contribution is 0.0472. The van der Waals surface area contributed by atoms with Crippen LogP contribution in [-0.4, -0.2) is 5.97 Å². The lowest BCUT2D eigenvalue weighted by atomic mass is 10.1.